The summed E-state index contributed by atoms with van der Waals surface area (Å²) in [4.78, 5) is 15.9. The van der Waals surface area contributed by atoms with Gasteiger partial charge in [0.15, 0.2) is 0 Å². The van der Waals surface area contributed by atoms with Crippen LogP contribution in [0.2, 0.25) is 0 Å². The third-order valence-corrected chi connectivity index (χ3v) is 6.76. The van der Waals surface area contributed by atoms with Crippen molar-refractivity contribution in [2.24, 2.45) is 0 Å². The van der Waals surface area contributed by atoms with Gasteiger partial charge in [0, 0.05) is 31.3 Å². The molecule has 3 rings (SSSR count). The summed E-state index contributed by atoms with van der Waals surface area (Å²) < 4.78 is 24.7. The number of rotatable bonds is 5. The van der Waals surface area contributed by atoms with Gasteiger partial charge in [-0.1, -0.05) is 12.1 Å². The van der Waals surface area contributed by atoms with Crippen molar-refractivity contribution in [3.63, 3.8) is 0 Å². The van der Waals surface area contributed by atoms with Crippen LogP contribution < -0.4 is 10.8 Å². The lowest BCUT2D eigenvalue weighted by atomic mass is 9.76. The maximum Gasteiger partial charge on any atom is 0.496 e. The first-order valence-electron chi connectivity index (χ1n) is 10.7. The molecule has 0 atom stereocenters. The molecule has 31 heavy (non-hydrogen) atoms. The summed E-state index contributed by atoms with van der Waals surface area (Å²) in [5.74, 6) is -0.119. The molecule has 9 heteroatoms. The number of nitrogens with one attached hydrogen (secondary N) is 1. The zero-order chi connectivity index (χ0) is 23.2. The van der Waals surface area contributed by atoms with Crippen LogP contribution in [0.1, 0.15) is 67.9 Å². The Balaban J connectivity index is 1.89. The van der Waals surface area contributed by atoms with E-state index < -0.39 is 36.6 Å². The maximum atomic E-state index is 11.6. The lowest BCUT2D eigenvalue weighted by Crippen LogP contribution is -2.41. The summed E-state index contributed by atoms with van der Waals surface area (Å²) in [5, 5.41) is 2.85. The summed E-state index contributed by atoms with van der Waals surface area (Å²) in [6, 6.07) is 1.98. The Morgan fingerprint density at radius 3 is 1.97 bits per heavy atom. The van der Waals surface area contributed by atoms with Gasteiger partial charge in [0.2, 0.25) is 5.91 Å². The van der Waals surface area contributed by atoms with Crippen molar-refractivity contribution in [1.29, 1.82) is 0 Å². The van der Waals surface area contributed by atoms with Crippen LogP contribution in [0.25, 0.3) is 6.08 Å². The number of carbonyl (C=O) groups is 1. The Morgan fingerprint density at radius 1 is 0.935 bits per heavy atom. The van der Waals surface area contributed by atoms with Crippen LogP contribution in [0.3, 0.4) is 0 Å². The van der Waals surface area contributed by atoms with Gasteiger partial charge >= 0.3 is 14.2 Å². The summed E-state index contributed by atoms with van der Waals surface area (Å²) in [6.45, 7) is 17.9. The molecule has 0 bridgehead atoms. The Labute approximate surface area is 186 Å². The van der Waals surface area contributed by atoms with Crippen LogP contribution in [-0.2, 0) is 23.4 Å². The van der Waals surface area contributed by atoms with E-state index >= 15 is 0 Å². The molecule has 1 aromatic rings. The second kappa shape index (κ2) is 8.03. The van der Waals surface area contributed by atoms with Crippen molar-refractivity contribution < 1.29 is 23.4 Å². The molecule has 2 aliphatic heterocycles. The molecule has 0 radical (unpaired) electrons. The zero-order valence-electron chi connectivity index (χ0n) is 20.2. The van der Waals surface area contributed by atoms with Crippen LogP contribution in [0.15, 0.2) is 23.9 Å². The fraction of sp³-hybridized carbons (Fsp3) is 0.636. The van der Waals surface area contributed by atoms with Gasteiger partial charge in [-0.3, -0.25) is 9.78 Å². The topological polar surface area (TPSA) is 78.9 Å². The predicted molar refractivity (Wildman–Crippen MR) is 123 cm³/mol. The molecule has 168 valence electrons. The molecule has 1 N–H and O–H groups in total. The first kappa shape index (κ1) is 24.0. The number of carbonyl (C=O) groups excluding carboxylic acids is 1. The minimum Gasteiger partial charge on any atom is -0.400 e. The highest BCUT2D eigenvalue weighted by molar-refractivity contribution is 6.62. The number of pyridine rings is 1. The van der Waals surface area contributed by atoms with E-state index in [-0.39, 0.29) is 5.91 Å². The van der Waals surface area contributed by atoms with Crippen molar-refractivity contribution in [2.45, 2.75) is 84.7 Å². The highest BCUT2D eigenvalue weighted by Crippen LogP contribution is 2.39. The summed E-state index contributed by atoms with van der Waals surface area (Å²) in [7, 11) is -1.07. The second-order valence-electron chi connectivity index (χ2n) is 10.4. The van der Waals surface area contributed by atoms with E-state index in [4.69, 9.17) is 18.6 Å². The molecular formula is C22H34B2N2O5. The smallest absolute Gasteiger partial charge is 0.400 e. The molecule has 7 nitrogen and oxygen atoms in total. The van der Waals surface area contributed by atoms with Crippen LogP contribution in [0.5, 0.6) is 0 Å². The van der Waals surface area contributed by atoms with Crippen molar-refractivity contribution in [3.8, 4) is 0 Å². The summed E-state index contributed by atoms with van der Waals surface area (Å²) in [6.07, 6.45) is 5.45. The largest absolute Gasteiger partial charge is 0.496 e. The maximum absolute atomic E-state index is 11.6. The van der Waals surface area contributed by atoms with Crippen molar-refractivity contribution in [2.75, 3.05) is 6.54 Å². The summed E-state index contributed by atoms with van der Waals surface area (Å²) in [5.41, 5.74) is 0.682. The van der Waals surface area contributed by atoms with Crippen molar-refractivity contribution >= 4 is 31.7 Å². The average molecular weight is 428 g/mol. The van der Waals surface area contributed by atoms with E-state index in [1.807, 2.05) is 67.5 Å². The van der Waals surface area contributed by atoms with E-state index in [1.165, 1.54) is 6.92 Å². The standard InChI is InChI=1S/C22H34B2N2O5/c1-15(27)26-14-18(24-30-21(6,7)22(8,9)31-24)11-16-10-17(13-25-12-16)23-28-19(2,3)20(4,5)29-23/h10-13H,14H2,1-9H3,(H,26,27). The number of hydrogen-bond acceptors (Lipinski definition) is 6. The Bertz CT molecular complexity index is 850. The van der Waals surface area contributed by atoms with E-state index in [9.17, 15) is 4.79 Å². The molecular weight excluding hydrogens is 394 g/mol. The van der Waals surface area contributed by atoms with Gasteiger partial charge in [-0.25, -0.2) is 0 Å². The molecule has 2 aliphatic rings. The predicted octanol–water partition coefficient (Wildman–Crippen LogP) is 2.53. The molecule has 1 aromatic heterocycles. The Kier molecular flexibility index (Phi) is 6.21. The highest BCUT2D eigenvalue weighted by Gasteiger charge is 2.53. The van der Waals surface area contributed by atoms with E-state index in [0.717, 1.165) is 16.5 Å². The molecule has 0 saturated carbocycles. The molecule has 0 spiro atoms. The minimum atomic E-state index is -0.572. The Hall–Kier alpha value is -1.67. The van der Waals surface area contributed by atoms with Gasteiger partial charge < -0.3 is 23.9 Å². The van der Waals surface area contributed by atoms with Crippen LogP contribution in [-0.4, -0.2) is 54.1 Å². The first-order valence-corrected chi connectivity index (χ1v) is 10.7. The molecule has 0 aliphatic carbocycles. The fourth-order valence-electron chi connectivity index (χ4n) is 3.30. The van der Waals surface area contributed by atoms with E-state index in [2.05, 4.69) is 10.3 Å². The lowest BCUT2D eigenvalue weighted by Gasteiger charge is -2.32. The normalized spacial score (nSPS) is 23.8. The Morgan fingerprint density at radius 2 is 1.45 bits per heavy atom. The SMILES string of the molecule is CC(=O)NCC(=Cc1cncc(B2OC(C)(C)C(C)(C)O2)c1)B1OC(C)(C)C(C)(C)O1. The van der Waals surface area contributed by atoms with Gasteiger partial charge in [-0.2, -0.15) is 0 Å². The second-order valence-corrected chi connectivity index (χ2v) is 10.4. The number of aromatic nitrogens is 1. The molecule has 1 amide bonds. The van der Waals surface area contributed by atoms with Gasteiger partial charge in [0.05, 0.1) is 22.4 Å². The third-order valence-electron chi connectivity index (χ3n) is 6.76. The van der Waals surface area contributed by atoms with Gasteiger partial charge in [0.1, 0.15) is 0 Å². The molecule has 0 unspecified atom stereocenters. The monoisotopic (exact) mass is 428 g/mol. The van der Waals surface area contributed by atoms with Crippen LogP contribution in [0, 0.1) is 0 Å². The molecule has 0 aromatic carbocycles. The number of amides is 1. The molecule has 3 heterocycles. The lowest BCUT2D eigenvalue weighted by molar-refractivity contribution is -0.118. The molecule has 2 fully saturated rings. The average Bonchev–Trinajstić information content (AvgIpc) is 2.98. The van der Waals surface area contributed by atoms with Crippen LogP contribution >= 0.6 is 0 Å². The number of nitrogens with zero attached hydrogens (tertiary/aromatic N) is 1. The number of hydrogen-bond donors (Lipinski definition) is 1. The van der Waals surface area contributed by atoms with Gasteiger partial charge in [-0.05, 0) is 66.4 Å². The first-order chi connectivity index (χ1) is 14.1. The quantitative estimate of drug-likeness (QED) is 0.727. The molecule has 2 saturated heterocycles. The third kappa shape index (κ3) is 4.90. The van der Waals surface area contributed by atoms with E-state index in [0.29, 0.717) is 6.54 Å². The van der Waals surface area contributed by atoms with Gasteiger partial charge in [-0.15, -0.1) is 0 Å². The highest BCUT2D eigenvalue weighted by atomic mass is 16.7. The van der Waals surface area contributed by atoms with Crippen LogP contribution in [0.4, 0.5) is 0 Å². The van der Waals surface area contributed by atoms with Gasteiger partial charge in [0.25, 0.3) is 0 Å². The zero-order valence-corrected chi connectivity index (χ0v) is 20.2. The summed E-state index contributed by atoms with van der Waals surface area (Å²) >= 11 is 0. The fourth-order valence-corrected chi connectivity index (χ4v) is 3.30. The van der Waals surface area contributed by atoms with Crippen molar-refractivity contribution in [3.05, 3.63) is 29.5 Å². The van der Waals surface area contributed by atoms with Crippen molar-refractivity contribution in [1.82, 2.24) is 10.3 Å². The minimum absolute atomic E-state index is 0.119. The van der Waals surface area contributed by atoms with E-state index in [1.54, 1.807) is 12.4 Å².